The Labute approximate surface area is 103 Å². The number of rotatable bonds is 5. The highest BCUT2D eigenvalue weighted by Gasteiger charge is 2.22. The van der Waals surface area contributed by atoms with E-state index in [9.17, 15) is 9.18 Å². The number of carbonyl (C=O) groups excluding carboxylic acids is 1. The summed E-state index contributed by atoms with van der Waals surface area (Å²) in [6.07, 6.45) is 0.857. The van der Waals surface area contributed by atoms with E-state index in [2.05, 4.69) is 15.9 Å². The molecule has 4 heteroatoms. The lowest BCUT2D eigenvalue weighted by Gasteiger charge is -2.13. The van der Waals surface area contributed by atoms with Crippen molar-refractivity contribution >= 4 is 21.7 Å². The summed E-state index contributed by atoms with van der Waals surface area (Å²) in [6, 6.07) is 4.68. The molecule has 1 rings (SSSR count). The summed E-state index contributed by atoms with van der Waals surface area (Å²) < 4.78 is 19.0. The maximum absolute atomic E-state index is 13.7. The molecule has 0 aliphatic rings. The quantitative estimate of drug-likeness (QED) is 0.774. The lowest BCUT2D eigenvalue weighted by molar-refractivity contribution is 0.0574. The van der Waals surface area contributed by atoms with Gasteiger partial charge in [-0.1, -0.05) is 19.4 Å². The van der Waals surface area contributed by atoms with Crippen molar-refractivity contribution in [2.45, 2.75) is 25.9 Å². The summed E-state index contributed by atoms with van der Waals surface area (Å²) in [7, 11) is 1.47. The molecule has 0 aliphatic carbocycles. The van der Waals surface area contributed by atoms with E-state index in [1.54, 1.807) is 12.1 Å². The number of hydrogen-bond acceptors (Lipinski definition) is 2. The minimum absolute atomic E-state index is 0.0784. The minimum atomic E-state index is -0.561. The highest BCUT2D eigenvalue weighted by atomic mass is 79.9. The first kappa shape index (κ1) is 13.3. The number of halogens is 2. The van der Waals surface area contributed by atoms with Gasteiger partial charge in [0.15, 0.2) is 5.78 Å². The van der Waals surface area contributed by atoms with Crippen molar-refractivity contribution in [1.82, 2.24) is 0 Å². The Morgan fingerprint density at radius 3 is 2.81 bits per heavy atom. The van der Waals surface area contributed by atoms with Crippen LogP contribution in [0, 0.1) is 5.82 Å². The zero-order chi connectivity index (χ0) is 12.1. The monoisotopic (exact) mass is 288 g/mol. The van der Waals surface area contributed by atoms with Gasteiger partial charge in [0.2, 0.25) is 0 Å². The summed E-state index contributed by atoms with van der Waals surface area (Å²) in [5.74, 6) is -0.825. The Bertz CT molecular complexity index is 379. The molecule has 0 saturated heterocycles. The summed E-state index contributed by atoms with van der Waals surface area (Å²) in [6.45, 7) is 1.95. The number of Topliss-reactive ketones (excluding diaryl/α,β-unsaturated/α-hetero) is 1. The van der Waals surface area contributed by atoms with Crippen LogP contribution >= 0.6 is 15.9 Å². The number of ketones is 1. The largest absolute Gasteiger partial charge is 0.373 e. The number of hydrogen-bond donors (Lipinski definition) is 0. The topological polar surface area (TPSA) is 26.3 Å². The number of ether oxygens (including phenoxy) is 1. The third kappa shape index (κ3) is 2.89. The molecule has 16 heavy (non-hydrogen) atoms. The van der Waals surface area contributed by atoms with Crippen LogP contribution in [0.1, 0.15) is 30.1 Å². The van der Waals surface area contributed by atoms with Gasteiger partial charge in [-0.25, -0.2) is 4.39 Å². The van der Waals surface area contributed by atoms with Crippen LogP contribution in [-0.2, 0) is 4.74 Å². The molecule has 1 unspecified atom stereocenters. The second kappa shape index (κ2) is 6.11. The first-order chi connectivity index (χ1) is 7.61. The predicted molar refractivity (Wildman–Crippen MR) is 64.1 cm³/mol. The van der Waals surface area contributed by atoms with E-state index in [1.807, 2.05) is 6.92 Å². The van der Waals surface area contributed by atoms with Gasteiger partial charge in [-0.05, 0) is 34.5 Å². The normalized spacial score (nSPS) is 12.5. The van der Waals surface area contributed by atoms with E-state index in [0.717, 1.165) is 6.42 Å². The van der Waals surface area contributed by atoms with E-state index in [1.165, 1.54) is 13.2 Å². The summed E-state index contributed by atoms with van der Waals surface area (Å²) in [4.78, 5) is 12.0. The summed E-state index contributed by atoms with van der Waals surface area (Å²) in [5, 5.41) is 0. The van der Waals surface area contributed by atoms with Gasteiger partial charge in [-0.15, -0.1) is 0 Å². The fourth-order valence-electron chi connectivity index (χ4n) is 1.49. The van der Waals surface area contributed by atoms with Crippen molar-refractivity contribution in [2.24, 2.45) is 0 Å². The third-order valence-corrected chi connectivity index (χ3v) is 2.96. The lowest BCUT2D eigenvalue weighted by atomic mass is 10.0. The van der Waals surface area contributed by atoms with E-state index in [0.29, 0.717) is 10.9 Å². The van der Waals surface area contributed by atoms with Crippen molar-refractivity contribution in [2.75, 3.05) is 7.11 Å². The number of methoxy groups -OCH3 is 1. The Hall–Kier alpha value is -0.740. The van der Waals surface area contributed by atoms with E-state index < -0.39 is 11.9 Å². The fraction of sp³-hybridized carbons (Fsp3) is 0.417. The van der Waals surface area contributed by atoms with Crippen LogP contribution in [-0.4, -0.2) is 19.0 Å². The van der Waals surface area contributed by atoms with Gasteiger partial charge in [-0.3, -0.25) is 4.79 Å². The van der Waals surface area contributed by atoms with Crippen LogP contribution < -0.4 is 0 Å². The zero-order valence-corrected chi connectivity index (χ0v) is 10.9. The molecule has 1 atom stereocenters. The molecule has 0 N–H and O–H groups in total. The molecule has 0 amide bonds. The summed E-state index contributed by atoms with van der Waals surface area (Å²) >= 11 is 3.06. The Balaban J connectivity index is 2.99. The molecule has 0 radical (unpaired) electrons. The zero-order valence-electron chi connectivity index (χ0n) is 9.30. The van der Waals surface area contributed by atoms with Crippen LogP contribution in [0.5, 0.6) is 0 Å². The molecule has 0 spiro atoms. The van der Waals surface area contributed by atoms with Crippen LogP contribution in [0.15, 0.2) is 22.7 Å². The van der Waals surface area contributed by atoms with E-state index >= 15 is 0 Å². The Kier molecular flexibility index (Phi) is 5.09. The molecule has 88 valence electrons. The lowest BCUT2D eigenvalue weighted by Crippen LogP contribution is -2.23. The van der Waals surface area contributed by atoms with Crippen molar-refractivity contribution in [3.8, 4) is 0 Å². The van der Waals surface area contributed by atoms with E-state index in [-0.39, 0.29) is 11.3 Å². The van der Waals surface area contributed by atoms with Crippen molar-refractivity contribution in [3.05, 3.63) is 34.1 Å². The molecular formula is C12H14BrFO2. The highest BCUT2D eigenvalue weighted by Crippen LogP contribution is 2.21. The van der Waals surface area contributed by atoms with Crippen molar-refractivity contribution in [1.29, 1.82) is 0 Å². The maximum atomic E-state index is 13.7. The molecule has 2 nitrogen and oxygen atoms in total. The van der Waals surface area contributed by atoms with Gasteiger partial charge in [-0.2, -0.15) is 0 Å². The highest BCUT2D eigenvalue weighted by molar-refractivity contribution is 9.10. The molecule has 0 heterocycles. The van der Waals surface area contributed by atoms with Crippen LogP contribution in [0.2, 0.25) is 0 Å². The molecule has 1 aromatic carbocycles. The first-order valence-electron chi connectivity index (χ1n) is 5.12. The van der Waals surface area contributed by atoms with Gasteiger partial charge in [0.25, 0.3) is 0 Å². The van der Waals surface area contributed by atoms with Gasteiger partial charge >= 0.3 is 0 Å². The van der Waals surface area contributed by atoms with Crippen LogP contribution in [0.3, 0.4) is 0 Å². The minimum Gasteiger partial charge on any atom is -0.373 e. The van der Waals surface area contributed by atoms with Gasteiger partial charge < -0.3 is 4.74 Å². The average molecular weight is 289 g/mol. The Morgan fingerprint density at radius 2 is 2.25 bits per heavy atom. The number of carbonyl (C=O) groups is 1. The van der Waals surface area contributed by atoms with E-state index in [4.69, 9.17) is 4.74 Å². The second-order valence-corrected chi connectivity index (χ2v) is 4.33. The maximum Gasteiger partial charge on any atom is 0.194 e. The number of benzene rings is 1. The van der Waals surface area contributed by atoms with Gasteiger partial charge in [0.1, 0.15) is 11.9 Å². The predicted octanol–water partition coefficient (Wildman–Crippen LogP) is 3.59. The average Bonchev–Trinajstić information content (AvgIpc) is 2.29. The fourth-order valence-corrected chi connectivity index (χ4v) is 1.85. The van der Waals surface area contributed by atoms with Crippen molar-refractivity contribution in [3.63, 3.8) is 0 Å². The van der Waals surface area contributed by atoms with Crippen molar-refractivity contribution < 1.29 is 13.9 Å². The molecular weight excluding hydrogens is 275 g/mol. The second-order valence-electron chi connectivity index (χ2n) is 3.48. The third-order valence-electron chi connectivity index (χ3n) is 2.34. The Morgan fingerprint density at radius 1 is 1.56 bits per heavy atom. The SMILES string of the molecule is CCCC(OC)C(=O)c1cccc(Br)c1F. The molecule has 0 saturated carbocycles. The standard InChI is InChI=1S/C12H14BrFO2/c1-3-5-10(16-2)12(15)8-6-4-7-9(13)11(8)14/h4,6-7,10H,3,5H2,1-2H3. The van der Waals surface area contributed by atoms with Gasteiger partial charge in [0.05, 0.1) is 10.0 Å². The van der Waals surface area contributed by atoms with Gasteiger partial charge in [0, 0.05) is 7.11 Å². The molecule has 1 aromatic rings. The van der Waals surface area contributed by atoms with Crippen LogP contribution in [0.25, 0.3) is 0 Å². The molecule has 0 aliphatic heterocycles. The molecule has 0 fully saturated rings. The molecule has 0 bridgehead atoms. The van der Waals surface area contributed by atoms with Crippen LogP contribution in [0.4, 0.5) is 4.39 Å². The molecule has 0 aromatic heterocycles. The smallest absolute Gasteiger partial charge is 0.194 e. The first-order valence-corrected chi connectivity index (χ1v) is 5.92. The summed E-state index contributed by atoms with van der Waals surface area (Å²) in [5.41, 5.74) is 0.0784.